The molecule has 0 saturated carbocycles. The van der Waals surface area contributed by atoms with Crippen LogP contribution in [0.4, 0.5) is 8.78 Å². The number of benzene rings is 1. The Morgan fingerprint density at radius 1 is 1.43 bits per heavy atom. The van der Waals surface area contributed by atoms with Crippen LogP contribution < -0.4 is 23.6 Å². The van der Waals surface area contributed by atoms with E-state index in [4.69, 9.17) is 0 Å². The van der Waals surface area contributed by atoms with Crippen molar-refractivity contribution in [3.05, 3.63) is 23.8 Å². The maximum absolute atomic E-state index is 13.0. The first kappa shape index (κ1) is 13.6. The van der Waals surface area contributed by atoms with Gasteiger partial charge in [-0.2, -0.15) is 0 Å². The van der Waals surface area contributed by atoms with E-state index in [0.29, 0.717) is 0 Å². The summed E-state index contributed by atoms with van der Waals surface area (Å²) >= 11 is -2.73. The van der Waals surface area contributed by atoms with E-state index in [-0.39, 0.29) is 18.9 Å². The fraction of sp³-hybridized carbons (Fsp3) is 0.143. The van der Waals surface area contributed by atoms with E-state index >= 15 is 0 Å². The van der Waals surface area contributed by atoms with Crippen LogP contribution in [-0.4, -0.2) is 15.9 Å². The summed E-state index contributed by atoms with van der Waals surface area (Å²) in [7, 11) is 1.05. The molecule has 0 amide bonds. The molecule has 0 aliphatic carbocycles. The Hall–Kier alpha value is -0.413. The van der Waals surface area contributed by atoms with Crippen LogP contribution in [0.25, 0.3) is 0 Å². The summed E-state index contributed by atoms with van der Waals surface area (Å²) in [4.78, 5) is -0.613. The van der Waals surface area contributed by atoms with Crippen LogP contribution in [0.5, 0.6) is 5.75 Å². The Morgan fingerprint density at radius 3 is 2.43 bits per heavy atom. The van der Waals surface area contributed by atoms with Gasteiger partial charge >= 0.3 is 18.9 Å². The summed E-state index contributed by atoms with van der Waals surface area (Å²) in [6.45, 7) is 0. The molecule has 1 atom stereocenters. The van der Waals surface area contributed by atoms with E-state index in [9.17, 15) is 17.5 Å². The van der Waals surface area contributed by atoms with Crippen molar-refractivity contribution in [2.45, 2.75) is 4.90 Å². The molecule has 0 radical (unpaired) electrons. The molecule has 0 heterocycles. The minimum absolute atomic E-state index is 0. The summed E-state index contributed by atoms with van der Waals surface area (Å²) in [5.41, 5.74) is 0. The van der Waals surface area contributed by atoms with Gasteiger partial charge < -0.3 is 9.29 Å². The molecule has 0 fully saturated rings. The van der Waals surface area contributed by atoms with Crippen LogP contribution in [-0.2, 0) is 11.1 Å². The van der Waals surface area contributed by atoms with Crippen molar-refractivity contribution in [1.82, 2.24) is 0 Å². The third-order valence-electron chi connectivity index (χ3n) is 1.40. The molecule has 1 rings (SSSR count). The van der Waals surface area contributed by atoms with Gasteiger partial charge in [0.2, 0.25) is 0 Å². The van der Waals surface area contributed by atoms with Gasteiger partial charge in [-0.15, -0.1) is 0 Å². The Morgan fingerprint density at radius 2 is 2.00 bits per heavy atom. The first-order chi connectivity index (χ1) is 6.07. The van der Waals surface area contributed by atoms with Gasteiger partial charge in [0.05, 0.1) is 12.0 Å². The van der Waals surface area contributed by atoms with Gasteiger partial charge in [0.25, 0.3) is 0 Å². The zero-order valence-electron chi connectivity index (χ0n) is 7.54. The summed E-state index contributed by atoms with van der Waals surface area (Å²) in [5, 5.41) is 0. The van der Waals surface area contributed by atoms with Gasteiger partial charge in [-0.3, -0.25) is 4.21 Å². The number of rotatable bonds is 2. The molecule has 0 spiro atoms. The van der Waals surface area contributed by atoms with Crippen molar-refractivity contribution in [2.24, 2.45) is 0 Å². The molecule has 3 nitrogen and oxygen atoms in total. The molecule has 14 heavy (non-hydrogen) atoms. The fourth-order valence-electron chi connectivity index (χ4n) is 0.830. The van der Waals surface area contributed by atoms with Gasteiger partial charge in [0.1, 0.15) is 0 Å². The van der Waals surface area contributed by atoms with E-state index in [1.807, 2.05) is 0 Å². The predicted molar refractivity (Wildman–Crippen MR) is 40.1 cm³/mol. The minimum Gasteiger partial charge on any atom is -0.768 e. The summed E-state index contributed by atoms with van der Waals surface area (Å²) in [5.74, 6) is -2.84. The zero-order chi connectivity index (χ0) is 10.0. The summed E-state index contributed by atoms with van der Waals surface area (Å²) in [6.07, 6.45) is 0. The Labute approximate surface area is 93.9 Å². The monoisotopic (exact) mass is 214 g/mol. The molecular formula is C7H5F2LiO3S. The second-order valence-corrected chi connectivity index (χ2v) is 3.04. The number of halogens is 2. The van der Waals surface area contributed by atoms with E-state index < -0.39 is 33.4 Å². The average Bonchev–Trinajstić information content (AvgIpc) is 2.04. The van der Waals surface area contributed by atoms with Gasteiger partial charge in [0, 0.05) is 0 Å². The zero-order valence-corrected chi connectivity index (χ0v) is 8.36. The van der Waals surface area contributed by atoms with Crippen molar-refractivity contribution >= 4 is 11.1 Å². The Bertz CT molecular complexity index is 359. The van der Waals surface area contributed by atoms with E-state index in [1.165, 1.54) is 0 Å². The van der Waals surface area contributed by atoms with Crippen molar-refractivity contribution in [3.63, 3.8) is 0 Å². The molecule has 1 aromatic rings. The molecule has 0 N–H and O–H groups in total. The van der Waals surface area contributed by atoms with E-state index in [0.717, 1.165) is 19.2 Å². The smallest absolute Gasteiger partial charge is 0.768 e. The Balaban J connectivity index is 0.00000169. The number of ether oxygens (including phenoxy) is 1. The minimum atomic E-state index is -2.73. The van der Waals surface area contributed by atoms with Crippen LogP contribution in [0, 0.1) is 11.6 Å². The largest absolute Gasteiger partial charge is 1.00 e. The van der Waals surface area contributed by atoms with Crippen molar-refractivity contribution in [1.29, 1.82) is 0 Å². The number of hydrogen-bond donors (Lipinski definition) is 0. The molecule has 1 aromatic carbocycles. The van der Waals surface area contributed by atoms with Crippen LogP contribution in [0.2, 0.25) is 0 Å². The SMILES string of the molecule is COc1c(F)ccc(S(=O)[O-])c1F.[Li+]. The molecule has 0 aliphatic rings. The van der Waals surface area contributed by atoms with Crippen LogP contribution in [0.15, 0.2) is 17.0 Å². The van der Waals surface area contributed by atoms with Crippen molar-refractivity contribution < 1.29 is 41.1 Å². The molecular weight excluding hydrogens is 209 g/mol. The second kappa shape index (κ2) is 5.46. The third-order valence-corrected chi connectivity index (χ3v) is 2.07. The first-order valence-electron chi connectivity index (χ1n) is 3.19. The fourth-order valence-corrected chi connectivity index (χ4v) is 1.25. The molecule has 7 heteroatoms. The molecule has 0 saturated heterocycles. The Kier molecular flexibility index (Phi) is 5.30. The maximum Gasteiger partial charge on any atom is 1.00 e. The molecule has 0 aromatic heterocycles. The predicted octanol–water partition coefficient (Wildman–Crippen LogP) is -1.78. The van der Waals surface area contributed by atoms with Gasteiger partial charge in [-0.1, -0.05) is 0 Å². The van der Waals surface area contributed by atoms with Gasteiger partial charge in [0.15, 0.2) is 17.4 Å². The number of hydrogen-bond acceptors (Lipinski definition) is 3. The molecule has 0 aliphatic heterocycles. The molecule has 72 valence electrons. The first-order valence-corrected chi connectivity index (χ1v) is 4.26. The summed E-state index contributed by atoms with van der Waals surface area (Å²) < 4.78 is 50.9. The van der Waals surface area contributed by atoms with E-state index in [1.54, 1.807) is 0 Å². The van der Waals surface area contributed by atoms with Gasteiger partial charge in [-0.25, -0.2) is 8.78 Å². The van der Waals surface area contributed by atoms with Crippen molar-refractivity contribution in [2.75, 3.05) is 7.11 Å². The molecule has 1 unspecified atom stereocenters. The van der Waals surface area contributed by atoms with Crippen LogP contribution in [0.3, 0.4) is 0 Å². The molecule has 0 bridgehead atoms. The van der Waals surface area contributed by atoms with Crippen LogP contribution in [0.1, 0.15) is 0 Å². The number of methoxy groups -OCH3 is 1. The second-order valence-electron chi connectivity index (χ2n) is 2.13. The maximum atomic E-state index is 13.0. The topological polar surface area (TPSA) is 49.4 Å². The summed E-state index contributed by atoms with van der Waals surface area (Å²) in [6, 6.07) is 1.66. The van der Waals surface area contributed by atoms with Crippen molar-refractivity contribution in [3.8, 4) is 5.75 Å². The standard InChI is InChI=1S/C7H6F2O3S.Li/c1-12-7-4(8)2-3-5(6(7)9)13(10)11;/h2-3H,1H3,(H,10,11);/q;+1/p-1. The normalized spacial score (nSPS) is 11.7. The quantitative estimate of drug-likeness (QED) is 0.432. The van der Waals surface area contributed by atoms with Crippen LogP contribution >= 0.6 is 0 Å². The van der Waals surface area contributed by atoms with E-state index in [2.05, 4.69) is 4.74 Å². The average molecular weight is 214 g/mol. The third kappa shape index (κ3) is 2.55. The van der Waals surface area contributed by atoms with Gasteiger partial charge in [-0.05, 0) is 23.2 Å².